The lowest BCUT2D eigenvalue weighted by atomic mass is 9.95. The van der Waals surface area contributed by atoms with E-state index in [9.17, 15) is 8.78 Å². The van der Waals surface area contributed by atoms with Crippen LogP contribution in [0.2, 0.25) is 0 Å². The van der Waals surface area contributed by atoms with Gasteiger partial charge in [-0.1, -0.05) is 24.3 Å². The summed E-state index contributed by atoms with van der Waals surface area (Å²) in [5, 5.41) is 3.73. The molecule has 1 saturated heterocycles. The normalized spacial score (nSPS) is 31.0. The van der Waals surface area contributed by atoms with Crippen molar-refractivity contribution in [2.45, 2.75) is 50.0 Å². The SMILES string of the molecule is FC(F)CN1CCC(NC[C@@H]2C[C@@]23CCc2ccccc23)CC1. The van der Waals surface area contributed by atoms with Crippen LogP contribution in [0.4, 0.5) is 8.78 Å². The van der Waals surface area contributed by atoms with E-state index in [1.165, 1.54) is 19.3 Å². The predicted molar refractivity (Wildman–Crippen MR) is 88.0 cm³/mol. The molecule has 3 aliphatic rings. The van der Waals surface area contributed by atoms with Crippen LogP contribution in [-0.2, 0) is 11.8 Å². The lowest BCUT2D eigenvalue weighted by molar-refractivity contribution is 0.0730. The molecule has 0 amide bonds. The molecule has 0 radical (unpaired) electrons. The van der Waals surface area contributed by atoms with Crippen molar-refractivity contribution in [3.05, 3.63) is 35.4 Å². The van der Waals surface area contributed by atoms with Crippen LogP contribution >= 0.6 is 0 Å². The maximum Gasteiger partial charge on any atom is 0.251 e. The minimum atomic E-state index is -2.20. The van der Waals surface area contributed by atoms with Crippen molar-refractivity contribution in [2.75, 3.05) is 26.2 Å². The average molecular weight is 320 g/mol. The molecule has 2 atom stereocenters. The number of benzene rings is 1. The van der Waals surface area contributed by atoms with E-state index in [0.717, 1.165) is 38.4 Å². The van der Waals surface area contributed by atoms with Gasteiger partial charge in [0.2, 0.25) is 0 Å². The standard InChI is InChI=1S/C19H26F2N2/c20-18(21)13-23-9-6-16(7-10-23)22-12-15-11-19(15)8-5-14-3-1-2-4-17(14)19/h1-4,15-16,18,22H,5-13H2/t15-,19-/m0/s1. The Kier molecular flexibility index (Phi) is 4.14. The van der Waals surface area contributed by atoms with Gasteiger partial charge in [-0.05, 0) is 68.8 Å². The van der Waals surface area contributed by atoms with E-state index in [2.05, 4.69) is 29.6 Å². The first-order chi connectivity index (χ1) is 11.2. The van der Waals surface area contributed by atoms with Gasteiger partial charge in [0.25, 0.3) is 6.43 Å². The van der Waals surface area contributed by atoms with Crippen LogP contribution in [0.5, 0.6) is 0 Å². The van der Waals surface area contributed by atoms with E-state index in [4.69, 9.17) is 0 Å². The Balaban J connectivity index is 1.25. The molecule has 4 heteroatoms. The van der Waals surface area contributed by atoms with E-state index in [1.807, 2.05) is 4.90 Å². The highest BCUT2D eigenvalue weighted by Crippen LogP contribution is 2.61. The highest BCUT2D eigenvalue weighted by atomic mass is 19.3. The largest absolute Gasteiger partial charge is 0.314 e. The summed E-state index contributed by atoms with van der Waals surface area (Å²) in [7, 11) is 0. The summed E-state index contributed by atoms with van der Waals surface area (Å²) in [4.78, 5) is 1.90. The van der Waals surface area contributed by atoms with Crippen molar-refractivity contribution in [3.8, 4) is 0 Å². The maximum absolute atomic E-state index is 12.4. The van der Waals surface area contributed by atoms with Crippen molar-refractivity contribution >= 4 is 0 Å². The fourth-order valence-electron chi connectivity index (χ4n) is 4.82. The molecular formula is C19H26F2N2. The van der Waals surface area contributed by atoms with Crippen molar-refractivity contribution in [2.24, 2.45) is 5.92 Å². The molecule has 4 rings (SSSR count). The molecule has 1 saturated carbocycles. The highest BCUT2D eigenvalue weighted by molar-refractivity contribution is 5.45. The number of hydrogen-bond acceptors (Lipinski definition) is 2. The summed E-state index contributed by atoms with van der Waals surface area (Å²) in [5.41, 5.74) is 3.61. The number of piperidine rings is 1. The number of hydrogen-bond donors (Lipinski definition) is 1. The molecule has 0 bridgehead atoms. The number of rotatable bonds is 5. The summed E-state index contributed by atoms with van der Waals surface area (Å²) in [6.45, 7) is 2.64. The Hall–Kier alpha value is -1.00. The topological polar surface area (TPSA) is 15.3 Å². The van der Waals surface area contributed by atoms with E-state index in [0.29, 0.717) is 11.5 Å². The lowest BCUT2D eigenvalue weighted by Gasteiger charge is -2.32. The smallest absolute Gasteiger partial charge is 0.251 e. The molecule has 2 fully saturated rings. The van der Waals surface area contributed by atoms with Crippen LogP contribution in [0.25, 0.3) is 0 Å². The van der Waals surface area contributed by atoms with Gasteiger partial charge in [-0.2, -0.15) is 0 Å². The first-order valence-corrected chi connectivity index (χ1v) is 9.00. The van der Waals surface area contributed by atoms with Gasteiger partial charge in [0, 0.05) is 11.5 Å². The molecule has 1 N–H and O–H groups in total. The van der Waals surface area contributed by atoms with Gasteiger partial charge in [-0.25, -0.2) is 8.78 Å². The van der Waals surface area contributed by atoms with Crippen LogP contribution in [-0.4, -0.2) is 43.5 Å². The molecular weight excluding hydrogens is 294 g/mol. The van der Waals surface area contributed by atoms with Gasteiger partial charge in [0.05, 0.1) is 6.54 Å². The fraction of sp³-hybridized carbons (Fsp3) is 0.684. The van der Waals surface area contributed by atoms with Gasteiger partial charge < -0.3 is 5.32 Å². The van der Waals surface area contributed by atoms with E-state index in [-0.39, 0.29) is 6.54 Å². The second-order valence-corrected chi connectivity index (χ2v) is 7.59. The Labute approximate surface area is 137 Å². The number of halogens is 2. The number of alkyl halides is 2. The lowest BCUT2D eigenvalue weighted by Crippen LogP contribution is -2.44. The monoisotopic (exact) mass is 320 g/mol. The molecule has 1 heterocycles. The molecule has 0 unspecified atom stereocenters. The molecule has 1 aliphatic heterocycles. The number of aryl methyl sites for hydroxylation is 1. The van der Waals surface area contributed by atoms with Crippen LogP contribution in [0.15, 0.2) is 24.3 Å². The third kappa shape index (κ3) is 3.03. The molecule has 0 aromatic heterocycles. The second-order valence-electron chi connectivity index (χ2n) is 7.59. The summed E-state index contributed by atoms with van der Waals surface area (Å²) in [5.74, 6) is 0.769. The van der Waals surface area contributed by atoms with Crippen LogP contribution < -0.4 is 5.32 Å². The Morgan fingerprint density at radius 1 is 1.22 bits per heavy atom. The third-order valence-electron chi connectivity index (χ3n) is 6.26. The summed E-state index contributed by atoms with van der Waals surface area (Å²) >= 11 is 0. The average Bonchev–Trinajstić information content (AvgIpc) is 3.13. The van der Waals surface area contributed by atoms with Crippen molar-refractivity contribution < 1.29 is 8.78 Å². The molecule has 1 aromatic rings. The first-order valence-electron chi connectivity index (χ1n) is 9.00. The molecule has 126 valence electrons. The molecule has 2 aliphatic carbocycles. The van der Waals surface area contributed by atoms with E-state index < -0.39 is 6.43 Å². The summed E-state index contributed by atoms with van der Waals surface area (Å²) < 4.78 is 24.8. The first kappa shape index (κ1) is 15.5. The molecule has 23 heavy (non-hydrogen) atoms. The second kappa shape index (κ2) is 6.14. The predicted octanol–water partition coefficient (Wildman–Crippen LogP) is 3.21. The number of fused-ring (bicyclic) bond motifs is 2. The molecule has 1 aromatic carbocycles. The summed E-state index contributed by atoms with van der Waals surface area (Å²) in [6, 6.07) is 9.45. The number of likely N-dealkylation sites (tertiary alicyclic amines) is 1. The Morgan fingerprint density at radius 3 is 2.78 bits per heavy atom. The zero-order valence-electron chi connectivity index (χ0n) is 13.6. The third-order valence-corrected chi connectivity index (χ3v) is 6.26. The quantitative estimate of drug-likeness (QED) is 0.896. The minimum Gasteiger partial charge on any atom is -0.314 e. The van der Waals surface area contributed by atoms with Crippen molar-refractivity contribution in [1.82, 2.24) is 10.2 Å². The van der Waals surface area contributed by atoms with Gasteiger partial charge >= 0.3 is 0 Å². The van der Waals surface area contributed by atoms with Gasteiger partial charge in [0.1, 0.15) is 0 Å². The minimum absolute atomic E-state index is 0.0603. The van der Waals surface area contributed by atoms with Gasteiger partial charge in [-0.15, -0.1) is 0 Å². The van der Waals surface area contributed by atoms with Gasteiger partial charge in [0.15, 0.2) is 0 Å². The Bertz CT molecular complexity index is 554. The van der Waals surface area contributed by atoms with Crippen molar-refractivity contribution in [1.29, 1.82) is 0 Å². The van der Waals surface area contributed by atoms with Crippen LogP contribution in [0.1, 0.15) is 36.8 Å². The molecule has 1 spiro atoms. The Morgan fingerprint density at radius 2 is 2.00 bits per heavy atom. The zero-order valence-corrected chi connectivity index (χ0v) is 13.6. The maximum atomic E-state index is 12.4. The molecule has 2 nitrogen and oxygen atoms in total. The number of nitrogens with one attached hydrogen (secondary N) is 1. The zero-order chi connectivity index (χ0) is 15.9. The highest BCUT2D eigenvalue weighted by Gasteiger charge is 2.57. The van der Waals surface area contributed by atoms with E-state index >= 15 is 0 Å². The summed E-state index contributed by atoms with van der Waals surface area (Å²) in [6.07, 6.45) is 3.67. The van der Waals surface area contributed by atoms with Gasteiger partial charge in [-0.3, -0.25) is 4.90 Å². The number of nitrogens with zero attached hydrogens (tertiary/aromatic N) is 1. The van der Waals surface area contributed by atoms with Crippen molar-refractivity contribution in [3.63, 3.8) is 0 Å². The fourth-order valence-corrected chi connectivity index (χ4v) is 4.82. The van der Waals surface area contributed by atoms with E-state index in [1.54, 1.807) is 11.1 Å². The van der Waals surface area contributed by atoms with Crippen LogP contribution in [0, 0.1) is 5.92 Å². The van der Waals surface area contributed by atoms with Crippen LogP contribution in [0.3, 0.4) is 0 Å².